The fourth-order valence-corrected chi connectivity index (χ4v) is 5.39. The minimum absolute atomic E-state index is 0.0467. The first-order chi connectivity index (χ1) is 16.0. The van der Waals surface area contributed by atoms with Crippen molar-refractivity contribution < 1.29 is 28.4 Å². The number of anilines is 1. The molecule has 2 aromatic heterocycles. The van der Waals surface area contributed by atoms with Gasteiger partial charge in [0.1, 0.15) is 17.2 Å². The number of aliphatic hydroxyl groups excluding tert-OH is 1. The molecule has 0 aliphatic carbocycles. The second kappa shape index (κ2) is 11.3. The van der Waals surface area contributed by atoms with E-state index in [-0.39, 0.29) is 39.3 Å². The number of hydrogen-bond donors (Lipinski definition) is 5. The van der Waals surface area contributed by atoms with Gasteiger partial charge in [-0.1, -0.05) is 55.1 Å². The number of benzene rings is 1. The highest BCUT2D eigenvalue weighted by atomic mass is 32.2. The lowest BCUT2D eigenvalue weighted by molar-refractivity contribution is 0.154. The van der Waals surface area contributed by atoms with Crippen LogP contribution in [-0.4, -0.2) is 42.1 Å². The van der Waals surface area contributed by atoms with E-state index in [1.165, 1.54) is 22.4 Å². The normalized spacial score (nSPS) is 14.0. The molecule has 0 aliphatic rings. The Morgan fingerprint density at radius 1 is 1.29 bits per heavy atom. The molecule has 34 heavy (non-hydrogen) atoms. The van der Waals surface area contributed by atoms with Crippen LogP contribution in [0.15, 0.2) is 29.4 Å². The van der Waals surface area contributed by atoms with E-state index in [0.717, 1.165) is 11.3 Å². The van der Waals surface area contributed by atoms with Crippen LogP contribution in [0.25, 0.3) is 10.3 Å². The molecule has 1 aromatic carbocycles. The van der Waals surface area contributed by atoms with E-state index in [1.54, 1.807) is 18.2 Å². The van der Waals surface area contributed by atoms with Crippen molar-refractivity contribution in [3.63, 3.8) is 0 Å². The van der Waals surface area contributed by atoms with E-state index in [4.69, 9.17) is 15.2 Å². The second-order valence-electron chi connectivity index (χ2n) is 8.03. The van der Waals surface area contributed by atoms with Crippen molar-refractivity contribution in [3.05, 3.63) is 40.4 Å². The molecule has 2 atom stereocenters. The van der Waals surface area contributed by atoms with Gasteiger partial charge in [-0.3, -0.25) is 14.5 Å². The van der Waals surface area contributed by atoms with Gasteiger partial charge < -0.3 is 20.2 Å². The number of hydrogen-bond acceptors (Lipinski definition) is 9. The van der Waals surface area contributed by atoms with Crippen LogP contribution in [-0.2, 0) is 15.8 Å². The van der Waals surface area contributed by atoms with E-state index in [1.807, 2.05) is 20.8 Å². The maximum atomic E-state index is 14.3. The van der Waals surface area contributed by atoms with Crippen LogP contribution in [0.2, 0.25) is 0 Å². The monoisotopic (exact) mass is 531 g/mol. The fourth-order valence-electron chi connectivity index (χ4n) is 3.31. The minimum Gasteiger partial charge on any atom is -0.394 e. The Hall–Kier alpha value is -1.86. The molecule has 3 rings (SSSR count). The predicted molar refractivity (Wildman–Crippen MR) is 129 cm³/mol. The molecule has 0 amide bonds. The second-order valence-corrected chi connectivity index (χ2v) is 11.6. The van der Waals surface area contributed by atoms with Crippen molar-refractivity contribution >= 4 is 47.1 Å². The Bertz CT molecular complexity index is 1250. The van der Waals surface area contributed by atoms with E-state index >= 15 is 0 Å². The molecular weight excluding hydrogens is 504 g/mol. The van der Waals surface area contributed by atoms with Crippen molar-refractivity contribution in [2.75, 3.05) is 11.9 Å². The predicted octanol–water partition coefficient (Wildman–Crippen LogP) is 3.85. The lowest BCUT2D eigenvalue weighted by Crippen LogP contribution is -2.26. The molecular formula is C20H27FN5O5PS2. The molecule has 0 aliphatic heterocycles. The van der Waals surface area contributed by atoms with Crippen molar-refractivity contribution in [1.82, 2.24) is 14.5 Å². The van der Waals surface area contributed by atoms with Gasteiger partial charge in [0.2, 0.25) is 0 Å². The number of halogens is 1. The summed E-state index contributed by atoms with van der Waals surface area (Å²) < 4.78 is 31.8. The molecule has 186 valence electrons. The summed E-state index contributed by atoms with van der Waals surface area (Å²) in [6, 6.07) is 6.09. The number of nitrogens with zero attached hydrogens (tertiary/aromatic N) is 3. The summed E-state index contributed by atoms with van der Waals surface area (Å²) in [6.07, 6.45) is 0.663. The van der Waals surface area contributed by atoms with Crippen molar-refractivity contribution in [3.8, 4) is 0 Å². The number of nitrogens with one attached hydrogen (secondary N) is 2. The van der Waals surface area contributed by atoms with Crippen LogP contribution in [0.3, 0.4) is 0 Å². The first-order valence-electron chi connectivity index (χ1n) is 10.4. The third-order valence-corrected chi connectivity index (χ3v) is 7.27. The van der Waals surface area contributed by atoms with Crippen LogP contribution in [0.5, 0.6) is 0 Å². The summed E-state index contributed by atoms with van der Waals surface area (Å²) in [5.41, 5.74) is 0.716. The molecule has 10 nitrogen and oxygen atoms in total. The zero-order chi connectivity index (χ0) is 25.0. The quantitative estimate of drug-likeness (QED) is 0.141. The summed E-state index contributed by atoms with van der Waals surface area (Å²) in [6.45, 7) is 5.14. The van der Waals surface area contributed by atoms with Crippen LogP contribution >= 0.6 is 30.9 Å². The van der Waals surface area contributed by atoms with Crippen molar-refractivity contribution in [1.29, 1.82) is 5.41 Å². The number of phosphoric acid groups is 1. The Morgan fingerprint density at radius 2 is 2.00 bits per heavy atom. The molecule has 0 saturated carbocycles. The molecule has 5 N–H and O–H groups in total. The first kappa shape index (κ1) is 26.7. The number of thioether (sulfide) groups is 1. The van der Waals surface area contributed by atoms with Gasteiger partial charge >= 0.3 is 7.82 Å². The Kier molecular flexibility index (Phi) is 8.85. The standard InChI is InChI=1S/C20H27FN5O5PS2/c1-11(2)8-13(9-27)23-17-16-18(26(19(22)34-16)10-31-32(28,29)30)25-20(24-17)33-12(3)14-6-4-5-7-15(14)21/h4-7,11-13,22,27H,8-10H2,1-3H3,(H,23,24,25)(H2,28,29,30). The molecule has 0 radical (unpaired) electrons. The van der Waals surface area contributed by atoms with E-state index in [0.29, 0.717) is 28.4 Å². The Morgan fingerprint density at radius 3 is 2.62 bits per heavy atom. The number of aliphatic hydroxyl groups is 1. The third-order valence-electron chi connectivity index (χ3n) is 4.82. The van der Waals surface area contributed by atoms with Crippen LogP contribution in [0.1, 0.15) is 38.0 Å². The molecule has 0 bridgehead atoms. The van der Waals surface area contributed by atoms with Crippen molar-refractivity contribution in [2.45, 2.75) is 50.4 Å². The maximum Gasteiger partial charge on any atom is 0.471 e. The number of rotatable bonds is 11. The average molecular weight is 532 g/mol. The SMILES string of the molecule is CC(C)CC(CO)Nc1nc(SC(C)c2ccccc2F)nc2c1sc(=N)n2COP(=O)(O)O. The topological polar surface area (TPSA) is 154 Å². The minimum atomic E-state index is -4.78. The van der Waals surface area contributed by atoms with Gasteiger partial charge in [0.05, 0.1) is 12.6 Å². The number of fused-ring (bicyclic) bond motifs is 1. The molecule has 0 fully saturated rings. The number of thiazole rings is 1. The van der Waals surface area contributed by atoms with Crippen LogP contribution < -0.4 is 10.1 Å². The van der Waals surface area contributed by atoms with E-state index in [2.05, 4.69) is 19.8 Å². The van der Waals surface area contributed by atoms with Gasteiger partial charge in [0, 0.05) is 10.8 Å². The molecule has 3 aromatic rings. The highest BCUT2D eigenvalue weighted by Crippen LogP contribution is 2.38. The summed E-state index contributed by atoms with van der Waals surface area (Å²) >= 11 is 2.21. The molecule has 14 heteroatoms. The molecule has 2 unspecified atom stereocenters. The van der Waals surface area contributed by atoms with Gasteiger partial charge in [-0.15, -0.1) is 0 Å². The van der Waals surface area contributed by atoms with Crippen LogP contribution in [0, 0.1) is 17.1 Å². The number of aromatic nitrogens is 3. The summed E-state index contributed by atoms with van der Waals surface area (Å²) in [5.74, 6) is 0.322. The highest BCUT2D eigenvalue weighted by molar-refractivity contribution is 7.99. The van der Waals surface area contributed by atoms with E-state index < -0.39 is 14.6 Å². The summed E-state index contributed by atoms with van der Waals surface area (Å²) in [5, 5.41) is 21.2. The van der Waals surface area contributed by atoms with Gasteiger partial charge in [0.15, 0.2) is 21.4 Å². The summed E-state index contributed by atoms with van der Waals surface area (Å²) in [4.78, 5) is 27.2. The Labute approximate surface area is 204 Å². The lowest BCUT2D eigenvalue weighted by atomic mass is 10.0. The van der Waals surface area contributed by atoms with Gasteiger partial charge in [-0.25, -0.2) is 18.9 Å². The first-order valence-corrected chi connectivity index (χ1v) is 13.7. The highest BCUT2D eigenvalue weighted by Gasteiger charge is 2.22. The molecule has 0 saturated heterocycles. The number of phosphoric ester groups is 1. The largest absolute Gasteiger partial charge is 0.471 e. The smallest absolute Gasteiger partial charge is 0.394 e. The maximum absolute atomic E-state index is 14.3. The van der Waals surface area contributed by atoms with E-state index in [9.17, 15) is 14.1 Å². The van der Waals surface area contributed by atoms with Crippen LogP contribution in [0.4, 0.5) is 10.2 Å². The Balaban J connectivity index is 2.06. The fraction of sp³-hybridized carbons (Fsp3) is 0.450. The van der Waals surface area contributed by atoms with Gasteiger partial charge in [-0.05, 0) is 25.3 Å². The van der Waals surface area contributed by atoms with Gasteiger partial charge in [-0.2, -0.15) is 0 Å². The summed E-state index contributed by atoms with van der Waals surface area (Å²) in [7, 11) is -4.78. The molecule has 2 heterocycles. The van der Waals surface area contributed by atoms with Crippen molar-refractivity contribution in [2.24, 2.45) is 5.92 Å². The van der Waals surface area contributed by atoms with Gasteiger partial charge in [0.25, 0.3) is 0 Å². The third kappa shape index (κ3) is 6.85. The zero-order valence-corrected chi connectivity index (χ0v) is 21.3. The zero-order valence-electron chi connectivity index (χ0n) is 18.8. The lowest BCUT2D eigenvalue weighted by Gasteiger charge is -2.20. The molecule has 0 spiro atoms. The average Bonchev–Trinajstić information content (AvgIpc) is 3.06.